The van der Waals surface area contributed by atoms with Crippen molar-refractivity contribution in [2.75, 3.05) is 6.61 Å². The smallest absolute Gasteiger partial charge is 0.396 e. The Labute approximate surface area is 115 Å². The molecule has 0 saturated heterocycles. The average Bonchev–Trinajstić information content (AvgIpc) is 2.75. The monoisotopic (exact) mass is 285 g/mol. The van der Waals surface area contributed by atoms with Crippen LogP contribution in [-0.2, 0) is 6.18 Å². The van der Waals surface area contributed by atoms with Gasteiger partial charge in [-0.05, 0) is 31.5 Å². The zero-order chi connectivity index (χ0) is 15.1. The highest BCUT2D eigenvalue weighted by atomic mass is 19.4. The maximum absolute atomic E-state index is 12.8. The summed E-state index contributed by atoms with van der Waals surface area (Å²) >= 11 is 0. The van der Waals surface area contributed by atoms with E-state index >= 15 is 0 Å². The summed E-state index contributed by atoms with van der Waals surface area (Å²) in [6.45, 7) is 5.68. The Hall–Kier alpha value is -1.49. The van der Waals surface area contributed by atoms with Crippen molar-refractivity contribution >= 4 is 10.9 Å². The Morgan fingerprint density at radius 1 is 1.20 bits per heavy atom. The SMILES string of the molecule is CC(CO)c1cn(C(C)C)c2cc(C(F)(F)F)ccc12. The number of fused-ring (bicyclic) bond motifs is 1. The van der Waals surface area contributed by atoms with Crippen LogP contribution in [0.15, 0.2) is 24.4 Å². The van der Waals surface area contributed by atoms with Crippen molar-refractivity contribution in [2.24, 2.45) is 0 Å². The van der Waals surface area contributed by atoms with E-state index in [4.69, 9.17) is 0 Å². The fraction of sp³-hybridized carbons (Fsp3) is 0.467. The molecule has 0 spiro atoms. The van der Waals surface area contributed by atoms with Gasteiger partial charge < -0.3 is 9.67 Å². The maximum Gasteiger partial charge on any atom is 0.416 e. The molecule has 0 fully saturated rings. The van der Waals surface area contributed by atoms with Crippen molar-refractivity contribution in [3.8, 4) is 0 Å². The molecule has 20 heavy (non-hydrogen) atoms. The number of aliphatic hydroxyl groups excluding tert-OH is 1. The normalized spacial score (nSPS) is 14.2. The van der Waals surface area contributed by atoms with Crippen molar-refractivity contribution in [2.45, 2.75) is 38.9 Å². The van der Waals surface area contributed by atoms with E-state index in [1.807, 2.05) is 31.5 Å². The molecule has 2 nitrogen and oxygen atoms in total. The lowest BCUT2D eigenvalue weighted by Crippen LogP contribution is -2.05. The fourth-order valence-electron chi connectivity index (χ4n) is 2.37. The minimum absolute atomic E-state index is 0.0295. The molecule has 0 aliphatic heterocycles. The largest absolute Gasteiger partial charge is 0.416 e. The summed E-state index contributed by atoms with van der Waals surface area (Å²) in [6.07, 6.45) is -2.50. The molecule has 1 heterocycles. The third-order valence-corrected chi connectivity index (χ3v) is 3.55. The van der Waals surface area contributed by atoms with Gasteiger partial charge in [0.25, 0.3) is 0 Å². The van der Waals surface area contributed by atoms with Crippen LogP contribution in [0.25, 0.3) is 10.9 Å². The molecule has 110 valence electrons. The van der Waals surface area contributed by atoms with Crippen LogP contribution in [-0.4, -0.2) is 16.3 Å². The lowest BCUT2D eigenvalue weighted by molar-refractivity contribution is -0.137. The summed E-state index contributed by atoms with van der Waals surface area (Å²) in [7, 11) is 0. The number of halogens is 3. The highest BCUT2D eigenvalue weighted by Gasteiger charge is 2.31. The molecule has 1 aromatic heterocycles. The van der Waals surface area contributed by atoms with Gasteiger partial charge in [0.2, 0.25) is 0 Å². The van der Waals surface area contributed by atoms with E-state index in [0.717, 1.165) is 17.0 Å². The van der Waals surface area contributed by atoms with Gasteiger partial charge in [0.15, 0.2) is 0 Å². The Kier molecular flexibility index (Phi) is 3.82. The second kappa shape index (κ2) is 5.13. The zero-order valence-electron chi connectivity index (χ0n) is 11.7. The van der Waals surface area contributed by atoms with Gasteiger partial charge in [-0.1, -0.05) is 13.0 Å². The summed E-state index contributed by atoms with van der Waals surface area (Å²) in [5.74, 6) is -0.103. The predicted octanol–water partition coefficient (Wildman–Crippen LogP) is 4.34. The van der Waals surface area contributed by atoms with E-state index in [-0.39, 0.29) is 18.6 Å². The number of alkyl halides is 3. The highest BCUT2D eigenvalue weighted by Crippen LogP contribution is 2.35. The molecule has 2 rings (SSSR count). The number of aromatic nitrogens is 1. The minimum atomic E-state index is -4.34. The van der Waals surface area contributed by atoms with Crippen LogP contribution in [0.2, 0.25) is 0 Å². The van der Waals surface area contributed by atoms with Crippen LogP contribution in [0.1, 0.15) is 43.9 Å². The van der Waals surface area contributed by atoms with Crippen molar-refractivity contribution in [3.05, 3.63) is 35.5 Å². The van der Waals surface area contributed by atoms with Crippen LogP contribution < -0.4 is 0 Å². The predicted molar refractivity (Wildman–Crippen MR) is 72.8 cm³/mol. The van der Waals surface area contributed by atoms with Gasteiger partial charge in [0, 0.05) is 35.7 Å². The molecule has 2 aromatic rings. The molecule has 0 saturated carbocycles. The van der Waals surface area contributed by atoms with Crippen molar-refractivity contribution in [1.29, 1.82) is 0 Å². The van der Waals surface area contributed by atoms with Gasteiger partial charge in [-0.15, -0.1) is 0 Å². The van der Waals surface area contributed by atoms with Crippen LogP contribution in [0, 0.1) is 0 Å². The second-order valence-corrected chi connectivity index (χ2v) is 5.40. The summed E-state index contributed by atoms with van der Waals surface area (Å²) < 4.78 is 40.3. The van der Waals surface area contributed by atoms with Gasteiger partial charge in [0.1, 0.15) is 0 Å². The quantitative estimate of drug-likeness (QED) is 0.891. The van der Waals surface area contributed by atoms with E-state index < -0.39 is 11.7 Å². The van der Waals surface area contributed by atoms with E-state index in [0.29, 0.717) is 5.52 Å². The topological polar surface area (TPSA) is 25.2 Å². The first-order valence-corrected chi connectivity index (χ1v) is 6.58. The number of benzene rings is 1. The molecule has 1 atom stereocenters. The van der Waals surface area contributed by atoms with Gasteiger partial charge in [-0.25, -0.2) is 0 Å². The number of nitrogens with zero attached hydrogens (tertiary/aromatic N) is 1. The number of aliphatic hydroxyl groups is 1. The number of hydrogen-bond acceptors (Lipinski definition) is 1. The Balaban J connectivity index is 2.70. The summed E-state index contributed by atoms with van der Waals surface area (Å²) in [6, 6.07) is 3.84. The molecule has 0 amide bonds. The summed E-state index contributed by atoms with van der Waals surface area (Å²) in [5, 5.41) is 10.1. The molecule has 1 aromatic carbocycles. The van der Waals surface area contributed by atoms with Gasteiger partial charge in [-0.2, -0.15) is 13.2 Å². The van der Waals surface area contributed by atoms with Crippen LogP contribution >= 0.6 is 0 Å². The molecule has 1 unspecified atom stereocenters. The molecule has 0 aliphatic carbocycles. The van der Waals surface area contributed by atoms with Crippen molar-refractivity contribution in [1.82, 2.24) is 4.57 Å². The Morgan fingerprint density at radius 3 is 2.35 bits per heavy atom. The molecule has 5 heteroatoms. The van der Waals surface area contributed by atoms with E-state index in [1.54, 1.807) is 0 Å². The first-order chi connectivity index (χ1) is 9.25. The molecule has 0 radical (unpaired) electrons. The standard InChI is InChI=1S/C15H18F3NO/c1-9(2)19-7-13(10(3)8-20)12-5-4-11(6-14(12)19)15(16,17)18/h4-7,9-10,20H,8H2,1-3H3. The minimum Gasteiger partial charge on any atom is -0.396 e. The Morgan fingerprint density at radius 2 is 1.85 bits per heavy atom. The summed E-state index contributed by atoms with van der Waals surface area (Å²) in [5.41, 5.74) is 0.795. The second-order valence-electron chi connectivity index (χ2n) is 5.40. The first kappa shape index (κ1) is 14.9. The highest BCUT2D eigenvalue weighted by molar-refractivity contribution is 5.85. The Bertz CT molecular complexity index is 613. The van der Waals surface area contributed by atoms with E-state index in [1.165, 1.54) is 12.1 Å². The molecule has 1 N–H and O–H groups in total. The first-order valence-electron chi connectivity index (χ1n) is 6.58. The lowest BCUT2D eigenvalue weighted by atomic mass is 10.0. The number of hydrogen-bond donors (Lipinski definition) is 1. The molecular weight excluding hydrogens is 267 g/mol. The van der Waals surface area contributed by atoms with Crippen molar-refractivity contribution < 1.29 is 18.3 Å². The third kappa shape index (κ3) is 2.54. The van der Waals surface area contributed by atoms with Gasteiger partial charge in [0.05, 0.1) is 5.56 Å². The van der Waals surface area contributed by atoms with Crippen molar-refractivity contribution in [3.63, 3.8) is 0 Å². The third-order valence-electron chi connectivity index (χ3n) is 3.55. The van der Waals surface area contributed by atoms with E-state index in [9.17, 15) is 18.3 Å². The summed E-state index contributed by atoms with van der Waals surface area (Å²) in [4.78, 5) is 0. The van der Waals surface area contributed by atoms with Crippen LogP contribution in [0.5, 0.6) is 0 Å². The zero-order valence-corrected chi connectivity index (χ0v) is 11.7. The van der Waals surface area contributed by atoms with Gasteiger partial charge in [-0.3, -0.25) is 0 Å². The number of rotatable bonds is 3. The average molecular weight is 285 g/mol. The maximum atomic E-state index is 12.8. The van der Waals surface area contributed by atoms with Gasteiger partial charge >= 0.3 is 6.18 Å². The van der Waals surface area contributed by atoms with E-state index in [2.05, 4.69) is 0 Å². The van der Waals surface area contributed by atoms with Crippen LogP contribution in [0.3, 0.4) is 0 Å². The fourth-order valence-corrected chi connectivity index (χ4v) is 2.37. The molecular formula is C15H18F3NO. The lowest BCUT2D eigenvalue weighted by Gasteiger charge is -2.11. The molecule has 0 aliphatic rings. The molecule has 0 bridgehead atoms. The van der Waals surface area contributed by atoms with Crippen LogP contribution in [0.4, 0.5) is 13.2 Å².